The van der Waals surface area contributed by atoms with Crippen molar-refractivity contribution in [1.82, 2.24) is 5.32 Å². The Hall–Kier alpha value is -0.570. The highest BCUT2D eigenvalue weighted by atomic mass is 16.4. The molecule has 0 bridgehead atoms. The van der Waals surface area contributed by atoms with E-state index in [0.29, 0.717) is 0 Å². The lowest BCUT2D eigenvalue weighted by atomic mass is 9.60. The third-order valence-corrected chi connectivity index (χ3v) is 4.42. The van der Waals surface area contributed by atoms with Gasteiger partial charge in [0.25, 0.3) is 0 Å². The average molecular weight is 181 g/mol. The maximum absolute atomic E-state index is 10.8. The molecule has 3 rings (SSSR count). The third kappa shape index (κ3) is 0.909. The Labute approximate surface area is 77.5 Å². The zero-order chi connectivity index (χ0) is 9.00. The number of fused-ring (bicyclic) bond motifs is 4. The van der Waals surface area contributed by atoms with Crippen molar-refractivity contribution in [2.24, 2.45) is 29.6 Å². The van der Waals surface area contributed by atoms with Crippen LogP contribution in [0.2, 0.25) is 0 Å². The van der Waals surface area contributed by atoms with Crippen LogP contribution in [0.5, 0.6) is 0 Å². The lowest BCUT2D eigenvalue weighted by molar-refractivity contribution is -0.141. The number of carboxylic acid groups (broad SMARTS) is 1. The summed E-state index contributed by atoms with van der Waals surface area (Å²) < 4.78 is 0. The first-order chi connectivity index (χ1) is 6.27. The van der Waals surface area contributed by atoms with Gasteiger partial charge in [-0.1, -0.05) is 0 Å². The van der Waals surface area contributed by atoms with Gasteiger partial charge in [-0.2, -0.15) is 0 Å². The van der Waals surface area contributed by atoms with Gasteiger partial charge in [0.15, 0.2) is 0 Å². The molecule has 1 saturated heterocycles. The molecule has 13 heavy (non-hydrogen) atoms. The minimum Gasteiger partial charge on any atom is -0.481 e. The molecule has 1 aliphatic heterocycles. The number of hydrogen-bond donors (Lipinski definition) is 2. The van der Waals surface area contributed by atoms with Crippen LogP contribution in [0.15, 0.2) is 0 Å². The molecule has 2 saturated carbocycles. The fraction of sp³-hybridized carbons (Fsp3) is 0.900. The number of rotatable bonds is 1. The zero-order valence-electron chi connectivity index (χ0n) is 7.57. The van der Waals surface area contributed by atoms with E-state index in [1.54, 1.807) is 0 Å². The van der Waals surface area contributed by atoms with E-state index in [1.807, 2.05) is 0 Å². The summed E-state index contributed by atoms with van der Waals surface area (Å²) in [6, 6.07) is 0. The molecular weight excluding hydrogens is 166 g/mol. The number of carbonyl (C=O) groups is 1. The van der Waals surface area contributed by atoms with Gasteiger partial charge < -0.3 is 10.4 Å². The lowest BCUT2D eigenvalue weighted by Crippen LogP contribution is -2.42. The first kappa shape index (κ1) is 7.80. The Morgan fingerprint density at radius 2 is 1.62 bits per heavy atom. The largest absolute Gasteiger partial charge is 0.481 e. The summed E-state index contributed by atoms with van der Waals surface area (Å²) in [5.74, 6) is 2.51. The van der Waals surface area contributed by atoms with Crippen molar-refractivity contribution in [3.05, 3.63) is 0 Å². The molecule has 2 aliphatic carbocycles. The van der Waals surface area contributed by atoms with E-state index in [4.69, 9.17) is 5.11 Å². The standard InChI is InChI=1S/C10H15NO2/c12-10(13)5-1-6-7(2-5)9-4-11-3-8(6)9/h5-9,11H,1-4H2,(H,12,13)/t5?,6-,7+,8+,9-. The van der Waals surface area contributed by atoms with Gasteiger partial charge in [-0.05, 0) is 49.6 Å². The normalized spacial score (nSPS) is 52.5. The molecule has 3 aliphatic rings. The van der Waals surface area contributed by atoms with Crippen molar-refractivity contribution >= 4 is 5.97 Å². The molecule has 1 unspecified atom stereocenters. The maximum Gasteiger partial charge on any atom is 0.306 e. The van der Waals surface area contributed by atoms with Crippen LogP contribution in [0, 0.1) is 29.6 Å². The van der Waals surface area contributed by atoms with E-state index in [9.17, 15) is 4.79 Å². The van der Waals surface area contributed by atoms with E-state index < -0.39 is 5.97 Å². The highest BCUT2D eigenvalue weighted by molar-refractivity contribution is 5.70. The molecule has 3 fully saturated rings. The van der Waals surface area contributed by atoms with Crippen LogP contribution < -0.4 is 5.32 Å². The number of hydrogen-bond acceptors (Lipinski definition) is 2. The summed E-state index contributed by atoms with van der Waals surface area (Å²) in [7, 11) is 0. The van der Waals surface area contributed by atoms with Crippen LogP contribution >= 0.6 is 0 Å². The smallest absolute Gasteiger partial charge is 0.306 e. The van der Waals surface area contributed by atoms with Crippen LogP contribution in [0.1, 0.15) is 12.8 Å². The first-order valence-electron chi connectivity index (χ1n) is 5.21. The van der Waals surface area contributed by atoms with Crippen molar-refractivity contribution < 1.29 is 9.90 Å². The van der Waals surface area contributed by atoms with Crippen molar-refractivity contribution in [1.29, 1.82) is 0 Å². The average Bonchev–Trinajstić information content (AvgIpc) is 2.59. The molecule has 0 amide bonds. The minimum atomic E-state index is -0.569. The Kier molecular flexibility index (Phi) is 1.48. The Morgan fingerprint density at radius 3 is 2.08 bits per heavy atom. The van der Waals surface area contributed by atoms with Gasteiger partial charge >= 0.3 is 5.97 Å². The Balaban J connectivity index is 1.74. The fourth-order valence-electron chi connectivity index (χ4n) is 3.80. The summed E-state index contributed by atoms with van der Waals surface area (Å²) >= 11 is 0. The SMILES string of the molecule is O=C(O)C1C[C@@H]2[C@H]3CNC[C@H]3[C@@H]2C1. The van der Waals surface area contributed by atoms with Gasteiger partial charge in [-0.3, -0.25) is 4.79 Å². The van der Waals surface area contributed by atoms with E-state index in [-0.39, 0.29) is 5.92 Å². The second-order valence-electron chi connectivity index (χ2n) is 4.82. The molecule has 0 aromatic heterocycles. The minimum absolute atomic E-state index is 0.0272. The topological polar surface area (TPSA) is 49.3 Å². The van der Waals surface area contributed by atoms with Crippen molar-refractivity contribution in [2.45, 2.75) is 12.8 Å². The monoisotopic (exact) mass is 181 g/mol. The van der Waals surface area contributed by atoms with E-state index in [1.165, 1.54) is 0 Å². The van der Waals surface area contributed by atoms with Gasteiger partial charge in [0, 0.05) is 0 Å². The second-order valence-corrected chi connectivity index (χ2v) is 4.82. The summed E-state index contributed by atoms with van der Waals surface area (Å²) in [5.41, 5.74) is 0. The highest BCUT2D eigenvalue weighted by Crippen LogP contribution is 2.58. The summed E-state index contributed by atoms with van der Waals surface area (Å²) in [6.45, 7) is 2.27. The van der Waals surface area contributed by atoms with Crippen LogP contribution in [0.25, 0.3) is 0 Å². The van der Waals surface area contributed by atoms with E-state index in [2.05, 4.69) is 5.32 Å². The number of aliphatic carboxylic acids is 1. The second kappa shape index (κ2) is 2.47. The Morgan fingerprint density at radius 1 is 1.08 bits per heavy atom. The predicted octanol–water partition coefficient (Wildman–Crippen LogP) is 0.563. The van der Waals surface area contributed by atoms with Gasteiger partial charge in [0.2, 0.25) is 0 Å². The zero-order valence-corrected chi connectivity index (χ0v) is 7.57. The maximum atomic E-state index is 10.8. The molecule has 72 valence electrons. The van der Waals surface area contributed by atoms with Gasteiger partial charge in [0.05, 0.1) is 5.92 Å². The molecule has 5 atom stereocenters. The van der Waals surface area contributed by atoms with Gasteiger partial charge in [-0.25, -0.2) is 0 Å². The van der Waals surface area contributed by atoms with Crippen LogP contribution in [0.4, 0.5) is 0 Å². The number of nitrogens with one attached hydrogen (secondary N) is 1. The van der Waals surface area contributed by atoms with Crippen molar-refractivity contribution in [3.63, 3.8) is 0 Å². The Bertz CT molecular complexity index is 235. The lowest BCUT2D eigenvalue weighted by Gasteiger charge is -2.44. The summed E-state index contributed by atoms with van der Waals surface area (Å²) in [4.78, 5) is 10.8. The van der Waals surface area contributed by atoms with Crippen molar-refractivity contribution in [2.75, 3.05) is 13.1 Å². The van der Waals surface area contributed by atoms with Crippen LogP contribution in [-0.2, 0) is 4.79 Å². The van der Waals surface area contributed by atoms with Gasteiger partial charge in [-0.15, -0.1) is 0 Å². The summed E-state index contributed by atoms with van der Waals surface area (Å²) in [5, 5.41) is 12.3. The molecular formula is C10H15NO2. The molecule has 0 aromatic rings. The summed E-state index contributed by atoms with van der Waals surface area (Å²) in [6.07, 6.45) is 1.89. The molecule has 2 N–H and O–H groups in total. The fourth-order valence-corrected chi connectivity index (χ4v) is 3.80. The third-order valence-electron chi connectivity index (χ3n) is 4.42. The van der Waals surface area contributed by atoms with Gasteiger partial charge in [0.1, 0.15) is 0 Å². The molecule has 3 nitrogen and oxygen atoms in total. The van der Waals surface area contributed by atoms with E-state index in [0.717, 1.165) is 49.6 Å². The quantitative estimate of drug-likeness (QED) is 0.621. The molecule has 1 heterocycles. The first-order valence-corrected chi connectivity index (χ1v) is 5.21. The number of carboxylic acids is 1. The highest BCUT2D eigenvalue weighted by Gasteiger charge is 2.57. The molecule has 3 heteroatoms. The van der Waals surface area contributed by atoms with E-state index >= 15 is 0 Å². The van der Waals surface area contributed by atoms with Crippen LogP contribution in [0.3, 0.4) is 0 Å². The molecule has 0 aromatic carbocycles. The van der Waals surface area contributed by atoms with Crippen molar-refractivity contribution in [3.8, 4) is 0 Å². The predicted molar refractivity (Wildman–Crippen MR) is 47.2 cm³/mol. The molecule has 0 spiro atoms. The van der Waals surface area contributed by atoms with Crippen LogP contribution in [-0.4, -0.2) is 24.2 Å². The molecule has 0 radical (unpaired) electrons.